The molecule has 0 aromatic carbocycles. The van der Waals surface area contributed by atoms with Crippen LogP contribution >= 0.6 is 0 Å². The van der Waals surface area contributed by atoms with Gasteiger partial charge in [-0.2, -0.15) is 0 Å². The van der Waals surface area contributed by atoms with Gasteiger partial charge in [0.05, 0.1) is 0 Å². The Bertz CT molecular complexity index is 520. The maximum atomic E-state index is 12.9. The maximum Gasteiger partial charge on any atom is 0.242 e. The number of fused-ring (bicyclic) bond motifs is 1. The third kappa shape index (κ3) is 3.71. The lowest BCUT2D eigenvalue weighted by molar-refractivity contribution is -0.144. The van der Waals surface area contributed by atoms with Crippen LogP contribution in [0.5, 0.6) is 0 Å². The van der Waals surface area contributed by atoms with Gasteiger partial charge in [-0.25, -0.2) is 0 Å². The number of nitrogens with zero attached hydrogens (tertiary/aromatic N) is 2. The van der Waals surface area contributed by atoms with Crippen molar-refractivity contribution in [2.24, 2.45) is 5.92 Å². The maximum absolute atomic E-state index is 12.9. The Hall–Kier alpha value is -1.63. The molecule has 0 aromatic rings. The van der Waals surface area contributed by atoms with Crippen LogP contribution in [-0.4, -0.2) is 71.8 Å². The molecular formula is C17H28N4O3. The first-order valence-electron chi connectivity index (χ1n) is 9.09. The number of rotatable bonds is 6. The number of carbonyl (C=O) groups excluding carboxylic acids is 3. The molecule has 3 fully saturated rings. The van der Waals surface area contributed by atoms with Gasteiger partial charge < -0.3 is 15.5 Å². The van der Waals surface area contributed by atoms with Crippen molar-refractivity contribution in [3.05, 3.63) is 0 Å². The van der Waals surface area contributed by atoms with Gasteiger partial charge in [0, 0.05) is 44.6 Å². The summed E-state index contributed by atoms with van der Waals surface area (Å²) in [6, 6.07) is -0.0732. The second kappa shape index (κ2) is 7.09. The summed E-state index contributed by atoms with van der Waals surface area (Å²) in [6.07, 6.45) is 3.72. The highest BCUT2D eigenvalue weighted by Crippen LogP contribution is 2.29. The van der Waals surface area contributed by atoms with Crippen molar-refractivity contribution in [1.29, 1.82) is 0 Å². The summed E-state index contributed by atoms with van der Waals surface area (Å²) in [4.78, 5) is 40.3. The van der Waals surface area contributed by atoms with Gasteiger partial charge in [-0.1, -0.05) is 6.92 Å². The van der Waals surface area contributed by atoms with E-state index in [2.05, 4.69) is 22.5 Å². The number of nitrogens with one attached hydrogen (secondary N) is 2. The Morgan fingerprint density at radius 2 is 2.00 bits per heavy atom. The normalized spacial score (nSPS) is 30.2. The number of hydrogen-bond acceptors (Lipinski definition) is 4. The van der Waals surface area contributed by atoms with Gasteiger partial charge in [-0.15, -0.1) is 0 Å². The first-order valence-corrected chi connectivity index (χ1v) is 9.09. The van der Waals surface area contributed by atoms with Crippen LogP contribution in [0.4, 0.5) is 0 Å². The van der Waals surface area contributed by atoms with Crippen LogP contribution in [0.15, 0.2) is 0 Å². The lowest BCUT2D eigenvalue weighted by atomic mass is 10.0. The molecule has 0 aromatic heterocycles. The number of amides is 3. The standard InChI is InChI=1S/C17H28N4O3/c1-3-6-20-10-14-7-13(19-11(2)22)9-21(14)17(24)15(20)8-18-16(23)12-4-5-12/h12-15H,3-10H2,1-2H3,(H,18,23)(H,19,22)/t13-,14-,15-/m0/s1. The van der Waals surface area contributed by atoms with E-state index in [1.165, 1.54) is 6.92 Å². The molecule has 2 saturated heterocycles. The third-order valence-electron chi connectivity index (χ3n) is 5.20. The molecule has 0 bridgehead atoms. The van der Waals surface area contributed by atoms with E-state index in [-0.39, 0.29) is 41.8 Å². The van der Waals surface area contributed by atoms with Gasteiger partial charge in [0.1, 0.15) is 6.04 Å². The molecule has 7 heteroatoms. The summed E-state index contributed by atoms with van der Waals surface area (Å²) in [5, 5.41) is 5.89. The van der Waals surface area contributed by atoms with Crippen molar-refractivity contribution in [2.75, 3.05) is 26.2 Å². The van der Waals surface area contributed by atoms with Gasteiger partial charge in [0.25, 0.3) is 0 Å². The van der Waals surface area contributed by atoms with Crippen LogP contribution in [-0.2, 0) is 14.4 Å². The number of piperazine rings is 1. The fourth-order valence-electron chi connectivity index (χ4n) is 3.94. The molecule has 24 heavy (non-hydrogen) atoms. The molecule has 7 nitrogen and oxygen atoms in total. The Kier molecular flexibility index (Phi) is 5.08. The zero-order chi connectivity index (χ0) is 17.3. The predicted molar refractivity (Wildman–Crippen MR) is 89.1 cm³/mol. The zero-order valence-corrected chi connectivity index (χ0v) is 14.6. The molecule has 3 amide bonds. The van der Waals surface area contributed by atoms with Gasteiger partial charge in [-0.05, 0) is 32.2 Å². The molecule has 0 unspecified atom stereocenters. The van der Waals surface area contributed by atoms with Gasteiger partial charge in [0.2, 0.25) is 17.7 Å². The Labute approximate surface area is 143 Å². The smallest absolute Gasteiger partial charge is 0.242 e. The number of hydrogen-bond donors (Lipinski definition) is 2. The highest BCUT2D eigenvalue weighted by molar-refractivity contribution is 5.86. The van der Waals surface area contributed by atoms with E-state index >= 15 is 0 Å². The fourth-order valence-corrected chi connectivity index (χ4v) is 3.94. The van der Waals surface area contributed by atoms with E-state index in [9.17, 15) is 14.4 Å². The SMILES string of the molecule is CCCN1C[C@@H]2C[C@H](NC(C)=O)CN2C(=O)[C@@H]1CNC(=O)C1CC1. The highest BCUT2D eigenvalue weighted by Gasteiger charge is 2.45. The van der Waals surface area contributed by atoms with Crippen LogP contribution in [0.25, 0.3) is 0 Å². The number of carbonyl (C=O) groups is 3. The summed E-state index contributed by atoms with van der Waals surface area (Å²) in [7, 11) is 0. The van der Waals surface area contributed by atoms with Gasteiger partial charge >= 0.3 is 0 Å². The summed E-state index contributed by atoms with van der Waals surface area (Å²) in [5.41, 5.74) is 0. The van der Waals surface area contributed by atoms with Crippen LogP contribution in [0.3, 0.4) is 0 Å². The first-order chi connectivity index (χ1) is 11.5. The molecule has 3 atom stereocenters. The predicted octanol–water partition coefficient (Wildman–Crippen LogP) is -0.288. The minimum atomic E-state index is -0.278. The monoisotopic (exact) mass is 336 g/mol. The van der Waals surface area contributed by atoms with E-state index in [4.69, 9.17) is 0 Å². The molecule has 2 N–H and O–H groups in total. The van der Waals surface area contributed by atoms with Crippen LogP contribution < -0.4 is 10.6 Å². The Morgan fingerprint density at radius 3 is 2.62 bits per heavy atom. The van der Waals surface area contributed by atoms with Crippen molar-refractivity contribution in [3.63, 3.8) is 0 Å². The second-order valence-electron chi connectivity index (χ2n) is 7.31. The first kappa shape index (κ1) is 17.2. The minimum Gasteiger partial charge on any atom is -0.354 e. The molecular weight excluding hydrogens is 308 g/mol. The van der Waals surface area contributed by atoms with E-state index in [0.29, 0.717) is 13.1 Å². The summed E-state index contributed by atoms with van der Waals surface area (Å²) >= 11 is 0. The molecule has 0 radical (unpaired) electrons. The van der Waals surface area contributed by atoms with E-state index in [1.54, 1.807) is 0 Å². The van der Waals surface area contributed by atoms with Crippen molar-refractivity contribution in [2.45, 2.75) is 57.7 Å². The van der Waals surface area contributed by atoms with Crippen LogP contribution in [0.2, 0.25) is 0 Å². The highest BCUT2D eigenvalue weighted by atomic mass is 16.2. The molecule has 3 rings (SSSR count). The third-order valence-corrected chi connectivity index (χ3v) is 5.20. The topological polar surface area (TPSA) is 81.8 Å². The lowest BCUT2D eigenvalue weighted by Gasteiger charge is -2.42. The molecule has 1 saturated carbocycles. The molecule has 134 valence electrons. The molecule has 2 heterocycles. The second-order valence-corrected chi connectivity index (χ2v) is 7.31. The van der Waals surface area contributed by atoms with Crippen LogP contribution in [0.1, 0.15) is 39.5 Å². The summed E-state index contributed by atoms with van der Waals surface area (Å²) in [5.74, 6) is 0.278. The molecule has 3 aliphatic rings. The van der Waals surface area contributed by atoms with Crippen molar-refractivity contribution >= 4 is 17.7 Å². The van der Waals surface area contributed by atoms with Crippen molar-refractivity contribution in [1.82, 2.24) is 20.4 Å². The Morgan fingerprint density at radius 1 is 1.25 bits per heavy atom. The van der Waals surface area contributed by atoms with E-state index in [1.807, 2.05) is 4.90 Å². The van der Waals surface area contributed by atoms with Gasteiger partial charge in [0.15, 0.2) is 0 Å². The fraction of sp³-hybridized carbons (Fsp3) is 0.824. The largest absolute Gasteiger partial charge is 0.354 e. The van der Waals surface area contributed by atoms with Crippen molar-refractivity contribution < 1.29 is 14.4 Å². The molecule has 2 aliphatic heterocycles. The Balaban J connectivity index is 1.64. The summed E-state index contributed by atoms with van der Waals surface area (Å²) in [6.45, 7) is 6.26. The summed E-state index contributed by atoms with van der Waals surface area (Å²) < 4.78 is 0. The lowest BCUT2D eigenvalue weighted by Crippen LogP contribution is -2.62. The molecule has 1 aliphatic carbocycles. The van der Waals surface area contributed by atoms with E-state index in [0.717, 1.165) is 38.8 Å². The zero-order valence-electron chi connectivity index (χ0n) is 14.6. The van der Waals surface area contributed by atoms with Crippen molar-refractivity contribution in [3.8, 4) is 0 Å². The quantitative estimate of drug-likeness (QED) is 0.699. The van der Waals surface area contributed by atoms with Gasteiger partial charge in [-0.3, -0.25) is 19.3 Å². The average molecular weight is 336 g/mol. The van der Waals surface area contributed by atoms with Crippen LogP contribution in [0, 0.1) is 5.92 Å². The molecule has 0 spiro atoms. The van der Waals surface area contributed by atoms with E-state index < -0.39 is 0 Å². The average Bonchev–Trinajstić information content (AvgIpc) is 3.28. The minimum absolute atomic E-state index is 0.0414.